The highest BCUT2D eigenvalue weighted by Crippen LogP contribution is 2.15. The summed E-state index contributed by atoms with van der Waals surface area (Å²) < 4.78 is 16.6. The molecule has 0 aromatic carbocycles. The number of allylic oxidation sites excluding steroid dienone is 10. The van der Waals surface area contributed by atoms with E-state index in [1.54, 1.807) is 0 Å². The van der Waals surface area contributed by atoms with Crippen LogP contribution in [0.2, 0.25) is 0 Å². The lowest BCUT2D eigenvalue weighted by Gasteiger charge is -2.18. The molecule has 0 fully saturated rings. The van der Waals surface area contributed by atoms with Crippen molar-refractivity contribution in [1.29, 1.82) is 0 Å². The van der Waals surface area contributed by atoms with Gasteiger partial charge in [0.05, 0.1) is 0 Å². The molecule has 0 spiro atoms. The Bertz CT molecular complexity index is 1120. The van der Waals surface area contributed by atoms with Gasteiger partial charge in [-0.25, -0.2) is 0 Å². The molecular formula is C55H96O6. The van der Waals surface area contributed by atoms with Gasteiger partial charge in [-0.1, -0.05) is 229 Å². The molecule has 0 aromatic heterocycles. The van der Waals surface area contributed by atoms with Gasteiger partial charge in [-0.3, -0.25) is 14.4 Å². The molecule has 1 atom stereocenters. The standard InChI is InChI=1S/C55H96O6/c1-4-7-10-13-16-17-18-19-20-21-22-23-24-25-26-27-28-29-30-31-32-33-34-35-36-37-40-42-45-48-54(57)60-51-52(61-55(58)49-46-43-39-15-12-9-6-3)50-59-53(56)47-44-41-38-14-11-8-5-2/h7,10,16-17,19-20,22-23,25-26,52H,4-6,8-9,11-15,18,21,24,27-51H2,1-3H3/b10-7-,17-16-,20-19-,23-22-,26-25-. The van der Waals surface area contributed by atoms with E-state index in [0.29, 0.717) is 19.3 Å². The second kappa shape index (κ2) is 49.8. The molecule has 0 aromatic rings. The smallest absolute Gasteiger partial charge is 0.306 e. The zero-order valence-corrected chi connectivity index (χ0v) is 40.2. The summed E-state index contributed by atoms with van der Waals surface area (Å²) in [5.41, 5.74) is 0. The summed E-state index contributed by atoms with van der Waals surface area (Å²) in [5.74, 6) is -0.884. The third kappa shape index (κ3) is 48.0. The Hall–Kier alpha value is -2.89. The Morgan fingerprint density at radius 1 is 0.344 bits per heavy atom. The average molecular weight is 853 g/mol. The number of ether oxygens (including phenoxy) is 3. The minimum absolute atomic E-state index is 0.0716. The maximum atomic E-state index is 12.6. The van der Waals surface area contributed by atoms with E-state index < -0.39 is 6.10 Å². The number of unbranched alkanes of at least 4 members (excludes halogenated alkanes) is 25. The number of carbonyl (C=O) groups is 3. The van der Waals surface area contributed by atoms with Gasteiger partial charge in [-0.05, 0) is 64.2 Å². The first-order valence-corrected chi connectivity index (χ1v) is 25.8. The quantitative estimate of drug-likeness (QED) is 0.0263. The normalized spacial score (nSPS) is 12.5. The maximum Gasteiger partial charge on any atom is 0.306 e. The molecule has 61 heavy (non-hydrogen) atoms. The molecule has 0 aliphatic heterocycles. The molecule has 0 rings (SSSR count). The molecule has 0 heterocycles. The van der Waals surface area contributed by atoms with Crippen LogP contribution in [0.15, 0.2) is 60.8 Å². The van der Waals surface area contributed by atoms with E-state index in [1.165, 1.54) is 122 Å². The number of esters is 3. The molecule has 352 valence electrons. The predicted molar refractivity (Wildman–Crippen MR) is 261 cm³/mol. The Morgan fingerprint density at radius 2 is 0.639 bits per heavy atom. The van der Waals surface area contributed by atoms with Crippen LogP contribution < -0.4 is 0 Å². The van der Waals surface area contributed by atoms with Gasteiger partial charge in [0.15, 0.2) is 6.10 Å². The fraction of sp³-hybridized carbons (Fsp3) is 0.764. The highest BCUT2D eigenvalue weighted by molar-refractivity contribution is 5.71. The summed E-state index contributed by atoms with van der Waals surface area (Å²) in [4.78, 5) is 37.5. The first kappa shape index (κ1) is 58.1. The summed E-state index contributed by atoms with van der Waals surface area (Å²) >= 11 is 0. The third-order valence-electron chi connectivity index (χ3n) is 11.0. The predicted octanol–water partition coefficient (Wildman–Crippen LogP) is 16.9. The fourth-order valence-electron chi connectivity index (χ4n) is 7.17. The van der Waals surface area contributed by atoms with Crippen molar-refractivity contribution in [3.8, 4) is 0 Å². The lowest BCUT2D eigenvalue weighted by Crippen LogP contribution is -2.30. The third-order valence-corrected chi connectivity index (χ3v) is 11.0. The van der Waals surface area contributed by atoms with Crippen LogP contribution in [-0.2, 0) is 28.6 Å². The molecule has 0 saturated carbocycles. The van der Waals surface area contributed by atoms with Crippen molar-refractivity contribution < 1.29 is 28.6 Å². The molecular weight excluding hydrogens is 757 g/mol. The molecule has 0 radical (unpaired) electrons. The Morgan fingerprint density at radius 3 is 1.00 bits per heavy atom. The van der Waals surface area contributed by atoms with Crippen LogP contribution in [0, 0.1) is 0 Å². The molecule has 0 saturated heterocycles. The zero-order chi connectivity index (χ0) is 44.4. The van der Waals surface area contributed by atoms with Crippen LogP contribution in [0.25, 0.3) is 0 Å². The molecule has 0 N–H and O–H groups in total. The summed E-state index contributed by atoms with van der Waals surface area (Å²) in [6.45, 7) is 6.44. The van der Waals surface area contributed by atoms with Crippen molar-refractivity contribution in [2.45, 2.75) is 258 Å². The average Bonchev–Trinajstić information content (AvgIpc) is 3.26. The fourth-order valence-corrected chi connectivity index (χ4v) is 7.17. The highest BCUT2D eigenvalue weighted by Gasteiger charge is 2.19. The van der Waals surface area contributed by atoms with Crippen LogP contribution >= 0.6 is 0 Å². The van der Waals surface area contributed by atoms with E-state index in [-0.39, 0.29) is 31.1 Å². The minimum Gasteiger partial charge on any atom is -0.462 e. The van der Waals surface area contributed by atoms with Crippen molar-refractivity contribution in [2.24, 2.45) is 0 Å². The van der Waals surface area contributed by atoms with Crippen molar-refractivity contribution in [1.82, 2.24) is 0 Å². The Labute approximate surface area is 377 Å². The van der Waals surface area contributed by atoms with Gasteiger partial charge in [-0.15, -0.1) is 0 Å². The first-order valence-electron chi connectivity index (χ1n) is 25.8. The van der Waals surface area contributed by atoms with Crippen LogP contribution in [0.5, 0.6) is 0 Å². The van der Waals surface area contributed by atoms with Crippen LogP contribution in [0.1, 0.15) is 252 Å². The number of carbonyl (C=O) groups excluding carboxylic acids is 3. The van der Waals surface area contributed by atoms with E-state index >= 15 is 0 Å². The van der Waals surface area contributed by atoms with E-state index in [1.807, 2.05) is 0 Å². The van der Waals surface area contributed by atoms with E-state index in [2.05, 4.69) is 81.5 Å². The summed E-state index contributed by atoms with van der Waals surface area (Å²) in [7, 11) is 0. The second-order valence-corrected chi connectivity index (χ2v) is 17.1. The van der Waals surface area contributed by atoms with Gasteiger partial charge < -0.3 is 14.2 Å². The molecule has 0 aliphatic rings. The van der Waals surface area contributed by atoms with Crippen molar-refractivity contribution in [2.75, 3.05) is 13.2 Å². The monoisotopic (exact) mass is 853 g/mol. The molecule has 1 unspecified atom stereocenters. The largest absolute Gasteiger partial charge is 0.462 e. The SMILES string of the molecule is CC/C=C\C/C=C\C/C=C\C/C=C\C/C=C\CCCCCCCCCCCCCCCC(=O)OCC(COC(=O)CCCCCCCCC)OC(=O)CCCCCCCCC. The van der Waals surface area contributed by atoms with Gasteiger partial charge in [0.2, 0.25) is 0 Å². The number of rotatable bonds is 46. The van der Waals surface area contributed by atoms with Gasteiger partial charge >= 0.3 is 17.9 Å². The van der Waals surface area contributed by atoms with Gasteiger partial charge in [-0.2, -0.15) is 0 Å². The van der Waals surface area contributed by atoms with Gasteiger partial charge in [0.25, 0.3) is 0 Å². The van der Waals surface area contributed by atoms with Crippen molar-refractivity contribution in [3.05, 3.63) is 60.8 Å². The topological polar surface area (TPSA) is 78.9 Å². The minimum atomic E-state index is -0.765. The van der Waals surface area contributed by atoms with Gasteiger partial charge in [0, 0.05) is 19.3 Å². The molecule has 0 bridgehead atoms. The zero-order valence-electron chi connectivity index (χ0n) is 40.2. The second-order valence-electron chi connectivity index (χ2n) is 17.1. The van der Waals surface area contributed by atoms with E-state index in [9.17, 15) is 14.4 Å². The lowest BCUT2D eigenvalue weighted by molar-refractivity contribution is -0.167. The van der Waals surface area contributed by atoms with Crippen LogP contribution in [0.3, 0.4) is 0 Å². The summed E-state index contributed by atoms with van der Waals surface area (Å²) in [6.07, 6.45) is 61.1. The summed E-state index contributed by atoms with van der Waals surface area (Å²) in [6, 6.07) is 0. The molecule has 0 aliphatic carbocycles. The number of hydrogen-bond acceptors (Lipinski definition) is 6. The van der Waals surface area contributed by atoms with Crippen molar-refractivity contribution >= 4 is 17.9 Å². The van der Waals surface area contributed by atoms with Gasteiger partial charge in [0.1, 0.15) is 13.2 Å². The number of hydrogen-bond donors (Lipinski definition) is 0. The lowest BCUT2D eigenvalue weighted by atomic mass is 10.0. The Balaban J connectivity index is 3.96. The molecule has 6 nitrogen and oxygen atoms in total. The van der Waals surface area contributed by atoms with Crippen LogP contribution in [0.4, 0.5) is 0 Å². The maximum absolute atomic E-state index is 12.6. The van der Waals surface area contributed by atoms with E-state index in [0.717, 1.165) is 89.9 Å². The highest BCUT2D eigenvalue weighted by atomic mass is 16.6. The van der Waals surface area contributed by atoms with Crippen molar-refractivity contribution in [3.63, 3.8) is 0 Å². The first-order chi connectivity index (χ1) is 30.0. The van der Waals surface area contributed by atoms with Crippen LogP contribution in [-0.4, -0.2) is 37.2 Å². The molecule has 6 heteroatoms. The Kier molecular flexibility index (Phi) is 47.4. The molecule has 0 amide bonds. The van der Waals surface area contributed by atoms with E-state index in [4.69, 9.17) is 14.2 Å². The summed E-state index contributed by atoms with van der Waals surface area (Å²) in [5, 5.41) is 0.